The highest BCUT2D eigenvalue weighted by Gasteiger charge is 2.33. The first-order valence-electron chi connectivity index (χ1n) is 4.34. The van der Waals surface area contributed by atoms with Gasteiger partial charge < -0.3 is 9.47 Å². The van der Waals surface area contributed by atoms with Crippen molar-refractivity contribution in [1.29, 1.82) is 0 Å². The van der Waals surface area contributed by atoms with Crippen molar-refractivity contribution in [2.45, 2.75) is 20.1 Å². The van der Waals surface area contributed by atoms with Gasteiger partial charge in [-0.2, -0.15) is 0 Å². The monoisotopic (exact) mass is 199 g/mol. The highest BCUT2D eigenvalue weighted by Crippen LogP contribution is 2.20. The van der Waals surface area contributed by atoms with Crippen molar-refractivity contribution in [2.24, 2.45) is 0 Å². The van der Waals surface area contributed by atoms with Crippen LogP contribution in [-0.4, -0.2) is 36.7 Å². The molecule has 5 heteroatoms. The van der Waals surface area contributed by atoms with Crippen LogP contribution >= 0.6 is 0 Å². The molecule has 1 rings (SSSR count). The zero-order chi connectivity index (χ0) is 10.7. The van der Waals surface area contributed by atoms with Gasteiger partial charge in [0.15, 0.2) is 5.76 Å². The van der Waals surface area contributed by atoms with Crippen molar-refractivity contribution < 1.29 is 19.1 Å². The van der Waals surface area contributed by atoms with Gasteiger partial charge >= 0.3 is 5.97 Å². The second-order valence-corrected chi connectivity index (χ2v) is 2.89. The Morgan fingerprint density at radius 2 is 2.29 bits per heavy atom. The van der Waals surface area contributed by atoms with E-state index in [1.54, 1.807) is 14.0 Å². The summed E-state index contributed by atoms with van der Waals surface area (Å²) in [5, 5.41) is 0. The summed E-state index contributed by atoms with van der Waals surface area (Å²) in [7, 11) is 1.55. The predicted molar refractivity (Wildman–Crippen MR) is 48.0 cm³/mol. The number of esters is 1. The lowest BCUT2D eigenvalue weighted by atomic mass is 10.4. The van der Waals surface area contributed by atoms with Gasteiger partial charge in [-0.3, -0.25) is 14.5 Å². The Kier molecular flexibility index (Phi) is 3.11. The first-order chi connectivity index (χ1) is 6.56. The molecule has 0 saturated carbocycles. The van der Waals surface area contributed by atoms with Crippen LogP contribution in [0.3, 0.4) is 0 Å². The molecule has 14 heavy (non-hydrogen) atoms. The van der Waals surface area contributed by atoms with Gasteiger partial charge in [-0.15, -0.1) is 0 Å². The Morgan fingerprint density at radius 3 is 2.79 bits per heavy atom. The fourth-order valence-electron chi connectivity index (χ4n) is 1.18. The summed E-state index contributed by atoms with van der Waals surface area (Å²) in [5.74, 6) is -0.281. The zero-order valence-electron chi connectivity index (χ0n) is 8.44. The summed E-state index contributed by atoms with van der Waals surface area (Å²) in [5.41, 5.74) is 0. The van der Waals surface area contributed by atoms with Crippen molar-refractivity contribution in [1.82, 2.24) is 4.90 Å². The van der Waals surface area contributed by atoms with Gasteiger partial charge in [-0.1, -0.05) is 0 Å². The van der Waals surface area contributed by atoms with Gasteiger partial charge in [0.25, 0.3) is 5.91 Å². The number of carbonyl (C=O) groups is 2. The molecule has 0 aromatic rings. The lowest BCUT2D eigenvalue weighted by molar-refractivity contribution is -0.156. The Labute approximate surface area is 82.3 Å². The van der Waals surface area contributed by atoms with E-state index in [-0.39, 0.29) is 5.91 Å². The average Bonchev–Trinajstić information content (AvgIpc) is 2.33. The molecule has 1 atom stereocenters. The van der Waals surface area contributed by atoms with Gasteiger partial charge in [-0.05, 0) is 6.92 Å². The van der Waals surface area contributed by atoms with Gasteiger partial charge in [0.05, 0.1) is 6.61 Å². The minimum absolute atomic E-state index is 0.222. The Hall–Kier alpha value is -1.52. The second kappa shape index (κ2) is 4.13. The SMILES string of the molecule is CCOC1=CC(=O)N(C)C1OC(C)=O. The fourth-order valence-corrected chi connectivity index (χ4v) is 1.18. The Balaban J connectivity index is 2.75. The molecule has 0 bridgehead atoms. The average molecular weight is 199 g/mol. The predicted octanol–water partition coefficient (Wildman–Crippen LogP) is 0.268. The molecular formula is C9H13NO4. The van der Waals surface area contributed by atoms with Crippen LogP contribution in [-0.2, 0) is 19.1 Å². The molecule has 0 radical (unpaired) electrons. The highest BCUT2D eigenvalue weighted by atomic mass is 16.6. The molecule has 1 amide bonds. The third-order valence-electron chi connectivity index (χ3n) is 1.80. The Bertz CT molecular complexity index is 285. The van der Waals surface area contributed by atoms with E-state index in [9.17, 15) is 9.59 Å². The van der Waals surface area contributed by atoms with E-state index in [0.717, 1.165) is 0 Å². The van der Waals surface area contributed by atoms with Crippen LogP contribution in [0.5, 0.6) is 0 Å². The summed E-state index contributed by atoms with van der Waals surface area (Å²) in [6.07, 6.45) is 0.622. The van der Waals surface area contributed by atoms with Gasteiger partial charge in [-0.25, -0.2) is 0 Å². The molecule has 0 saturated heterocycles. The van der Waals surface area contributed by atoms with Gasteiger partial charge in [0, 0.05) is 20.0 Å². The van der Waals surface area contributed by atoms with E-state index in [2.05, 4.69) is 0 Å². The summed E-state index contributed by atoms with van der Waals surface area (Å²) in [4.78, 5) is 23.3. The molecule has 0 aromatic carbocycles. The molecule has 1 heterocycles. The lowest BCUT2D eigenvalue weighted by Crippen LogP contribution is -2.35. The third kappa shape index (κ3) is 2.04. The smallest absolute Gasteiger partial charge is 0.304 e. The number of rotatable bonds is 3. The molecule has 0 aromatic heterocycles. The topological polar surface area (TPSA) is 55.8 Å². The molecule has 1 aliphatic heterocycles. The number of hydrogen-bond acceptors (Lipinski definition) is 4. The minimum Gasteiger partial charge on any atom is -0.492 e. The quantitative estimate of drug-likeness (QED) is 0.612. The van der Waals surface area contributed by atoms with Gasteiger partial charge in [0.2, 0.25) is 6.23 Å². The van der Waals surface area contributed by atoms with Crippen molar-refractivity contribution in [2.75, 3.05) is 13.7 Å². The zero-order valence-corrected chi connectivity index (χ0v) is 8.44. The molecule has 1 aliphatic rings. The van der Waals surface area contributed by atoms with Crippen LogP contribution in [0.15, 0.2) is 11.8 Å². The maximum absolute atomic E-state index is 11.2. The van der Waals surface area contributed by atoms with Crippen LogP contribution < -0.4 is 0 Å². The molecule has 5 nitrogen and oxygen atoms in total. The van der Waals surface area contributed by atoms with Crippen LogP contribution in [0.2, 0.25) is 0 Å². The standard InChI is InChI=1S/C9H13NO4/c1-4-13-7-5-8(12)10(3)9(7)14-6(2)11/h5,9H,4H2,1-3H3. The Morgan fingerprint density at radius 1 is 1.64 bits per heavy atom. The summed E-state index contributed by atoms with van der Waals surface area (Å²) < 4.78 is 10.1. The molecule has 1 unspecified atom stereocenters. The second-order valence-electron chi connectivity index (χ2n) is 2.89. The first kappa shape index (κ1) is 10.6. The van der Waals surface area contributed by atoms with E-state index < -0.39 is 12.2 Å². The molecule has 0 aliphatic carbocycles. The summed E-state index contributed by atoms with van der Waals surface area (Å²) in [6.45, 7) is 3.53. The van der Waals surface area contributed by atoms with E-state index in [4.69, 9.17) is 9.47 Å². The van der Waals surface area contributed by atoms with Crippen molar-refractivity contribution in [3.63, 3.8) is 0 Å². The number of carbonyl (C=O) groups excluding carboxylic acids is 2. The van der Waals surface area contributed by atoms with E-state index >= 15 is 0 Å². The molecule has 78 valence electrons. The summed E-state index contributed by atoms with van der Waals surface area (Å²) in [6, 6.07) is 0. The van der Waals surface area contributed by atoms with Crippen molar-refractivity contribution >= 4 is 11.9 Å². The van der Waals surface area contributed by atoms with E-state index in [1.807, 2.05) is 0 Å². The third-order valence-corrected chi connectivity index (χ3v) is 1.80. The number of likely N-dealkylation sites (N-methyl/N-ethyl adjacent to an activating group) is 1. The molecular weight excluding hydrogens is 186 g/mol. The normalized spacial score (nSPS) is 20.8. The lowest BCUT2D eigenvalue weighted by Gasteiger charge is -2.21. The van der Waals surface area contributed by atoms with E-state index in [0.29, 0.717) is 12.4 Å². The van der Waals surface area contributed by atoms with Crippen molar-refractivity contribution in [3.8, 4) is 0 Å². The highest BCUT2D eigenvalue weighted by molar-refractivity contribution is 5.91. The van der Waals surface area contributed by atoms with Crippen LogP contribution in [0, 0.1) is 0 Å². The molecule has 0 N–H and O–H groups in total. The van der Waals surface area contributed by atoms with Crippen LogP contribution in [0.4, 0.5) is 0 Å². The van der Waals surface area contributed by atoms with Crippen LogP contribution in [0.1, 0.15) is 13.8 Å². The van der Waals surface area contributed by atoms with E-state index in [1.165, 1.54) is 17.9 Å². The number of amides is 1. The number of ether oxygens (including phenoxy) is 2. The van der Waals surface area contributed by atoms with Crippen LogP contribution in [0.25, 0.3) is 0 Å². The fraction of sp³-hybridized carbons (Fsp3) is 0.556. The maximum Gasteiger partial charge on any atom is 0.304 e. The van der Waals surface area contributed by atoms with Gasteiger partial charge in [0.1, 0.15) is 0 Å². The summed E-state index contributed by atoms with van der Waals surface area (Å²) >= 11 is 0. The van der Waals surface area contributed by atoms with Crippen molar-refractivity contribution in [3.05, 3.63) is 11.8 Å². The number of hydrogen-bond donors (Lipinski definition) is 0. The first-order valence-corrected chi connectivity index (χ1v) is 4.34. The largest absolute Gasteiger partial charge is 0.492 e. The molecule has 0 fully saturated rings. The minimum atomic E-state index is -0.708. The molecule has 0 spiro atoms. The maximum atomic E-state index is 11.2. The number of nitrogens with zero attached hydrogens (tertiary/aromatic N) is 1.